The van der Waals surface area contributed by atoms with Gasteiger partial charge in [-0.1, -0.05) is 13.0 Å². The monoisotopic (exact) mass is 272 g/mol. The molecule has 6 nitrogen and oxygen atoms in total. The molecule has 6 heteroatoms. The van der Waals surface area contributed by atoms with Crippen LogP contribution in [-0.4, -0.2) is 37.7 Å². The molecule has 3 rings (SSSR count). The van der Waals surface area contributed by atoms with Crippen LogP contribution in [0.25, 0.3) is 0 Å². The molecular formula is C14H20N6. The summed E-state index contributed by atoms with van der Waals surface area (Å²) in [7, 11) is 0. The SMILES string of the molecule is CCNCc1ccc(CN2CCn3cnnc3C2)nc1. The van der Waals surface area contributed by atoms with Gasteiger partial charge >= 0.3 is 0 Å². The van der Waals surface area contributed by atoms with Crippen molar-refractivity contribution in [3.63, 3.8) is 0 Å². The van der Waals surface area contributed by atoms with E-state index in [1.807, 2.05) is 6.20 Å². The van der Waals surface area contributed by atoms with E-state index in [1.165, 1.54) is 5.56 Å². The first-order valence-corrected chi connectivity index (χ1v) is 7.08. The topological polar surface area (TPSA) is 58.9 Å². The zero-order valence-electron chi connectivity index (χ0n) is 11.8. The number of aromatic nitrogens is 4. The smallest absolute Gasteiger partial charge is 0.147 e. The first-order valence-electron chi connectivity index (χ1n) is 7.08. The van der Waals surface area contributed by atoms with Gasteiger partial charge in [-0.15, -0.1) is 10.2 Å². The maximum absolute atomic E-state index is 4.54. The van der Waals surface area contributed by atoms with Crippen molar-refractivity contribution in [3.8, 4) is 0 Å². The summed E-state index contributed by atoms with van der Waals surface area (Å²) < 4.78 is 2.11. The lowest BCUT2D eigenvalue weighted by Gasteiger charge is -2.26. The Morgan fingerprint density at radius 2 is 2.25 bits per heavy atom. The third-order valence-electron chi connectivity index (χ3n) is 3.57. The van der Waals surface area contributed by atoms with Crippen molar-refractivity contribution >= 4 is 0 Å². The second-order valence-corrected chi connectivity index (χ2v) is 5.09. The van der Waals surface area contributed by atoms with Crippen LogP contribution < -0.4 is 5.32 Å². The van der Waals surface area contributed by atoms with Crippen LogP contribution in [0.5, 0.6) is 0 Å². The van der Waals surface area contributed by atoms with Gasteiger partial charge in [-0.25, -0.2) is 0 Å². The first-order chi connectivity index (χ1) is 9.85. The first kappa shape index (κ1) is 13.2. The Kier molecular flexibility index (Phi) is 4.03. The number of rotatable bonds is 5. The minimum atomic E-state index is 0.848. The molecular weight excluding hydrogens is 252 g/mol. The van der Waals surface area contributed by atoms with E-state index >= 15 is 0 Å². The van der Waals surface area contributed by atoms with Crippen LogP contribution in [0.3, 0.4) is 0 Å². The van der Waals surface area contributed by atoms with Crippen LogP contribution >= 0.6 is 0 Å². The van der Waals surface area contributed by atoms with Crippen molar-refractivity contribution in [2.24, 2.45) is 0 Å². The number of nitrogens with zero attached hydrogens (tertiary/aromatic N) is 5. The van der Waals surface area contributed by atoms with Crippen LogP contribution in [0.2, 0.25) is 0 Å². The number of fused-ring (bicyclic) bond motifs is 1. The third-order valence-corrected chi connectivity index (χ3v) is 3.57. The van der Waals surface area contributed by atoms with Gasteiger partial charge in [-0.05, 0) is 18.2 Å². The molecule has 1 N–H and O–H groups in total. The van der Waals surface area contributed by atoms with E-state index in [0.717, 1.165) is 50.8 Å². The molecule has 0 fully saturated rings. The second-order valence-electron chi connectivity index (χ2n) is 5.09. The van der Waals surface area contributed by atoms with Crippen molar-refractivity contribution in [1.82, 2.24) is 30.0 Å². The van der Waals surface area contributed by atoms with Gasteiger partial charge in [-0.3, -0.25) is 9.88 Å². The Morgan fingerprint density at radius 3 is 3.05 bits per heavy atom. The summed E-state index contributed by atoms with van der Waals surface area (Å²) >= 11 is 0. The molecule has 0 aromatic carbocycles. The fraction of sp³-hybridized carbons (Fsp3) is 0.500. The van der Waals surface area contributed by atoms with Crippen molar-refractivity contribution in [2.45, 2.75) is 33.1 Å². The average Bonchev–Trinajstić information content (AvgIpc) is 2.94. The van der Waals surface area contributed by atoms with Crippen LogP contribution in [0.4, 0.5) is 0 Å². The van der Waals surface area contributed by atoms with E-state index in [1.54, 1.807) is 6.33 Å². The fourth-order valence-corrected chi connectivity index (χ4v) is 2.40. The molecule has 0 amide bonds. The predicted molar refractivity (Wildman–Crippen MR) is 75.8 cm³/mol. The van der Waals surface area contributed by atoms with E-state index in [9.17, 15) is 0 Å². The highest BCUT2D eigenvalue weighted by Gasteiger charge is 2.17. The summed E-state index contributed by atoms with van der Waals surface area (Å²) in [4.78, 5) is 6.90. The Bertz CT molecular complexity index is 547. The molecule has 0 unspecified atom stereocenters. The number of hydrogen-bond acceptors (Lipinski definition) is 5. The Labute approximate surface area is 118 Å². The Hall–Kier alpha value is -1.79. The van der Waals surface area contributed by atoms with E-state index in [4.69, 9.17) is 0 Å². The average molecular weight is 272 g/mol. The molecule has 0 bridgehead atoms. The van der Waals surface area contributed by atoms with Crippen LogP contribution in [-0.2, 0) is 26.2 Å². The Morgan fingerprint density at radius 1 is 1.30 bits per heavy atom. The van der Waals surface area contributed by atoms with Crippen LogP contribution in [0, 0.1) is 0 Å². The summed E-state index contributed by atoms with van der Waals surface area (Å²) in [6, 6.07) is 4.27. The van der Waals surface area contributed by atoms with Crippen molar-refractivity contribution in [1.29, 1.82) is 0 Å². The van der Waals surface area contributed by atoms with Crippen LogP contribution in [0.15, 0.2) is 24.7 Å². The minimum absolute atomic E-state index is 0.848. The van der Waals surface area contributed by atoms with Gasteiger partial charge in [0.25, 0.3) is 0 Å². The summed E-state index contributed by atoms with van der Waals surface area (Å²) in [6.07, 6.45) is 3.77. The van der Waals surface area contributed by atoms with Gasteiger partial charge in [0, 0.05) is 32.4 Å². The van der Waals surface area contributed by atoms with Crippen molar-refractivity contribution in [3.05, 3.63) is 41.7 Å². The lowest BCUT2D eigenvalue weighted by molar-refractivity contribution is 0.206. The summed E-state index contributed by atoms with van der Waals surface area (Å²) in [5, 5.41) is 11.4. The van der Waals surface area contributed by atoms with Crippen molar-refractivity contribution < 1.29 is 0 Å². The molecule has 1 aliphatic rings. The fourth-order valence-electron chi connectivity index (χ4n) is 2.40. The molecule has 2 aromatic heterocycles. The molecule has 0 saturated heterocycles. The molecule has 0 radical (unpaired) electrons. The van der Waals surface area contributed by atoms with Crippen molar-refractivity contribution in [2.75, 3.05) is 13.1 Å². The van der Waals surface area contributed by atoms with Crippen LogP contribution in [0.1, 0.15) is 24.0 Å². The molecule has 0 atom stereocenters. The normalized spacial score (nSPS) is 15.2. The lowest BCUT2D eigenvalue weighted by Crippen LogP contribution is -2.33. The molecule has 1 aliphatic heterocycles. The summed E-state index contributed by atoms with van der Waals surface area (Å²) in [6.45, 7) is 7.67. The summed E-state index contributed by atoms with van der Waals surface area (Å²) in [5.41, 5.74) is 2.34. The standard InChI is InChI=1S/C14H20N6/c1-2-15-7-12-3-4-13(16-8-12)9-19-5-6-20-11-17-18-14(20)10-19/h3-4,8,11,15H,2,5-7,9-10H2,1H3. The van der Waals surface area contributed by atoms with Gasteiger partial charge in [0.1, 0.15) is 12.2 Å². The number of nitrogens with one attached hydrogen (secondary N) is 1. The zero-order chi connectivity index (χ0) is 13.8. The zero-order valence-corrected chi connectivity index (χ0v) is 11.8. The Balaban J connectivity index is 1.58. The van der Waals surface area contributed by atoms with Gasteiger partial charge < -0.3 is 9.88 Å². The number of pyridine rings is 1. The van der Waals surface area contributed by atoms with E-state index in [0.29, 0.717) is 0 Å². The van der Waals surface area contributed by atoms with Gasteiger partial charge in [-0.2, -0.15) is 0 Å². The molecule has 0 spiro atoms. The van der Waals surface area contributed by atoms with E-state index in [2.05, 4.69) is 49.0 Å². The largest absolute Gasteiger partial charge is 0.315 e. The minimum Gasteiger partial charge on any atom is -0.315 e. The highest BCUT2D eigenvalue weighted by molar-refractivity contribution is 5.14. The van der Waals surface area contributed by atoms with Gasteiger partial charge in [0.05, 0.1) is 12.2 Å². The molecule has 2 aromatic rings. The van der Waals surface area contributed by atoms with Gasteiger partial charge in [0.15, 0.2) is 0 Å². The quantitative estimate of drug-likeness (QED) is 0.872. The maximum atomic E-state index is 4.54. The predicted octanol–water partition coefficient (Wildman–Crippen LogP) is 0.798. The molecule has 20 heavy (non-hydrogen) atoms. The van der Waals surface area contributed by atoms with Gasteiger partial charge in [0.2, 0.25) is 0 Å². The molecule has 3 heterocycles. The highest BCUT2D eigenvalue weighted by Crippen LogP contribution is 2.12. The van der Waals surface area contributed by atoms with E-state index < -0.39 is 0 Å². The highest BCUT2D eigenvalue weighted by atomic mass is 15.3. The van der Waals surface area contributed by atoms with E-state index in [-0.39, 0.29) is 0 Å². The molecule has 0 saturated carbocycles. The third kappa shape index (κ3) is 3.02. The number of hydrogen-bond donors (Lipinski definition) is 1. The molecule has 106 valence electrons. The molecule has 0 aliphatic carbocycles. The summed E-state index contributed by atoms with van der Waals surface area (Å²) in [5.74, 6) is 1.04. The lowest BCUT2D eigenvalue weighted by atomic mass is 10.2. The maximum Gasteiger partial charge on any atom is 0.147 e. The second kappa shape index (κ2) is 6.11.